The number of amides is 1. The van der Waals surface area contributed by atoms with E-state index >= 15 is 0 Å². The number of halogens is 6. The second kappa shape index (κ2) is 18.0. The van der Waals surface area contributed by atoms with Crippen molar-refractivity contribution in [1.82, 2.24) is 15.1 Å². The molecule has 0 aromatic heterocycles. The van der Waals surface area contributed by atoms with Gasteiger partial charge in [-0.05, 0) is 67.4 Å². The standard InChI is InChI=1S/C32H45N3O4.C4F6O2/c1-5-38-30(37)23-39-27-13-11-26(12-14-27)31(25-9-7-6-8-10-25)34-19-20-35(28(22-34)32(2,3)4)29(36)21-24-15-17-33-18-16-24;5-3(6,7)1(11)2(12)4(8,9)10/h6-14,24,28,31,33H,5,15-23H2,1-4H3;/t28-,31?;/m1./s1. The van der Waals surface area contributed by atoms with Crippen LogP contribution in [0.3, 0.4) is 0 Å². The van der Waals surface area contributed by atoms with Crippen molar-refractivity contribution in [1.29, 1.82) is 0 Å². The zero-order chi connectivity index (χ0) is 38.0. The van der Waals surface area contributed by atoms with Crippen molar-refractivity contribution in [3.05, 3.63) is 65.7 Å². The van der Waals surface area contributed by atoms with Crippen LogP contribution < -0.4 is 10.1 Å². The van der Waals surface area contributed by atoms with Crippen LogP contribution in [0.1, 0.15) is 64.1 Å². The largest absolute Gasteiger partial charge is 0.482 e. The van der Waals surface area contributed by atoms with Gasteiger partial charge in [-0.1, -0.05) is 63.2 Å². The zero-order valence-electron chi connectivity index (χ0n) is 29.1. The molecule has 0 bridgehead atoms. The van der Waals surface area contributed by atoms with E-state index in [9.17, 15) is 45.5 Å². The first-order chi connectivity index (χ1) is 23.8. The molecule has 0 saturated carbocycles. The number of ketones is 2. The van der Waals surface area contributed by atoms with Gasteiger partial charge in [-0.2, -0.15) is 26.3 Å². The summed E-state index contributed by atoms with van der Waals surface area (Å²) in [5, 5.41) is 3.41. The minimum Gasteiger partial charge on any atom is -0.482 e. The smallest absolute Gasteiger partial charge is 0.458 e. The van der Waals surface area contributed by atoms with E-state index in [1.165, 1.54) is 5.56 Å². The Kier molecular flexibility index (Phi) is 14.6. The Labute approximate surface area is 293 Å². The van der Waals surface area contributed by atoms with Gasteiger partial charge >= 0.3 is 29.9 Å². The van der Waals surface area contributed by atoms with E-state index in [0.717, 1.165) is 51.1 Å². The molecule has 0 spiro atoms. The fourth-order valence-electron chi connectivity index (χ4n) is 6.13. The monoisotopic (exact) mass is 729 g/mol. The Morgan fingerprint density at radius 3 is 1.88 bits per heavy atom. The molecule has 2 aliphatic rings. The van der Waals surface area contributed by atoms with Gasteiger partial charge in [0.2, 0.25) is 5.91 Å². The van der Waals surface area contributed by atoms with Crippen LogP contribution in [-0.4, -0.2) is 97.6 Å². The first-order valence-electron chi connectivity index (χ1n) is 16.7. The summed E-state index contributed by atoms with van der Waals surface area (Å²) in [6.07, 6.45) is -8.72. The van der Waals surface area contributed by atoms with Crippen LogP contribution in [0.5, 0.6) is 5.75 Å². The molecule has 2 aromatic rings. The number of hydrogen-bond acceptors (Lipinski definition) is 8. The predicted molar refractivity (Wildman–Crippen MR) is 176 cm³/mol. The number of ether oxygens (including phenoxy) is 2. The molecule has 2 heterocycles. The van der Waals surface area contributed by atoms with Crippen molar-refractivity contribution in [3.63, 3.8) is 0 Å². The molecule has 4 rings (SSSR count). The van der Waals surface area contributed by atoms with Gasteiger partial charge in [0.1, 0.15) is 5.75 Å². The topological polar surface area (TPSA) is 105 Å². The van der Waals surface area contributed by atoms with E-state index in [1.807, 2.05) is 18.2 Å². The second-order valence-electron chi connectivity index (χ2n) is 13.5. The molecule has 282 valence electrons. The van der Waals surface area contributed by atoms with Crippen LogP contribution in [0.2, 0.25) is 0 Å². The Morgan fingerprint density at radius 2 is 1.37 bits per heavy atom. The van der Waals surface area contributed by atoms with Gasteiger partial charge in [-0.3, -0.25) is 19.3 Å². The summed E-state index contributed by atoms with van der Waals surface area (Å²) >= 11 is 0. The van der Waals surface area contributed by atoms with Crippen molar-refractivity contribution in [2.75, 3.05) is 45.9 Å². The van der Waals surface area contributed by atoms with Gasteiger partial charge in [0.05, 0.1) is 12.6 Å². The molecule has 0 radical (unpaired) electrons. The van der Waals surface area contributed by atoms with Crippen LogP contribution >= 0.6 is 0 Å². The zero-order valence-corrected chi connectivity index (χ0v) is 29.1. The van der Waals surface area contributed by atoms with Gasteiger partial charge in [0.15, 0.2) is 6.61 Å². The van der Waals surface area contributed by atoms with E-state index in [1.54, 1.807) is 6.92 Å². The summed E-state index contributed by atoms with van der Waals surface area (Å²) in [5.41, 5.74) is 2.33. The van der Waals surface area contributed by atoms with Crippen LogP contribution in [0, 0.1) is 11.3 Å². The Bertz CT molecular complexity index is 1430. The molecule has 15 heteroatoms. The first kappa shape index (κ1) is 41.4. The SMILES string of the molecule is CCOC(=O)COc1ccc(C(c2ccccc2)N2CCN(C(=O)CC3CCNCC3)[C@@H](C(C)(C)C)C2)cc1.O=C(C(=O)C(F)(F)F)C(F)(F)F. The fourth-order valence-corrected chi connectivity index (χ4v) is 6.13. The number of alkyl halides is 6. The fraction of sp³-hybridized carbons (Fsp3) is 0.556. The highest BCUT2D eigenvalue weighted by Gasteiger charge is 2.54. The lowest BCUT2D eigenvalue weighted by Gasteiger charge is -2.49. The van der Waals surface area contributed by atoms with Crippen LogP contribution in [-0.2, 0) is 23.9 Å². The van der Waals surface area contributed by atoms with Crippen molar-refractivity contribution in [2.24, 2.45) is 11.3 Å². The number of Topliss-reactive ketones (excluding diaryl/α,β-unsaturated/α-hetero) is 2. The summed E-state index contributed by atoms with van der Waals surface area (Å²) in [6, 6.07) is 18.7. The van der Waals surface area contributed by atoms with Crippen molar-refractivity contribution in [3.8, 4) is 5.75 Å². The van der Waals surface area contributed by atoms with E-state index in [-0.39, 0.29) is 30.1 Å². The number of esters is 1. The third kappa shape index (κ3) is 12.3. The Balaban J connectivity index is 0.000000501. The number of carbonyl (C=O) groups is 4. The highest BCUT2D eigenvalue weighted by molar-refractivity contribution is 6.41. The highest BCUT2D eigenvalue weighted by Crippen LogP contribution is 2.36. The first-order valence-corrected chi connectivity index (χ1v) is 16.7. The Morgan fingerprint density at radius 1 is 0.824 bits per heavy atom. The summed E-state index contributed by atoms with van der Waals surface area (Å²) < 4.78 is 77.6. The number of carbonyl (C=O) groups excluding carboxylic acids is 4. The molecule has 2 atom stereocenters. The molecular weight excluding hydrogens is 684 g/mol. The summed E-state index contributed by atoms with van der Waals surface area (Å²) in [6.45, 7) is 13.1. The highest BCUT2D eigenvalue weighted by atomic mass is 19.4. The number of piperidine rings is 1. The van der Waals surface area contributed by atoms with Crippen LogP contribution in [0.25, 0.3) is 0 Å². The van der Waals surface area contributed by atoms with Gasteiger partial charge in [-0.25, -0.2) is 4.79 Å². The van der Waals surface area contributed by atoms with Crippen molar-refractivity contribution < 1.29 is 55.0 Å². The average Bonchev–Trinajstić information content (AvgIpc) is 3.07. The second-order valence-corrected chi connectivity index (χ2v) is 13.5. The van der Waals surface area contributed by atoms with Crippen LogP contribution in [0.4, 0.5) is 26.3 Å². The summed E-state index contributed by atoms with van der Waals surface area (Å²) in [4.78, 5) is 49.2. The molecule has 1 amide bonds. The van der Waals surface area contributed by atoms with Gasteiger partial charge in [-0.15, -0.1) is 0 Å². The third-order valence-corrected chi connectivity index (χ3v) is 8.71. The molecule has 2 saturated heterocycles. The molecule has 0 aliphatic carbocycles. The number of nitrogens with one attached hydrogen (secondary N) is 1. The maximum atomic E-state index is 13.6. The lowest BCUT2D eigenvalue weighted by Crippen LogP contribution is -2.60. The maximum Gasteiger partial charge on any atom is 0.458 e. The predicted octanol–water partition coefficient (Wildman–Crippen LogP) is 5.92. The molecule has 2 aromatic carbocycles. The number of rotatable bonds is 10. The molecule has 51 heavy (non-hydrogen) atoms. The van der Waals surface area contributed by atoms with Crippen molar-refractivity contribution >= 4 is 23.4 Å². The number of hydrogen-bond donors (Lipinski definition) is 1. The normalized spacial score (nSPS) is 18.2. The number of benzene rings is 2. The molecule has 2 aliphatic heterocycles. The summed E-state index contributed by atoms with van der Waals surface area (Å²) in [7, 11) is 0. The quantitative estimate of drug-likeness (QED) is 0.183. The Hall–Kier alpha value is -3.98. The van der Waals surface area contributed by atoms with E-state index in [0.29, 0.717) is 30.6 Å². The molecule has 9 nitrogen and oxygen atoms in total. The maximum absolute atomic E-state index is 13.6. The minimum absolute atomic E-state index is 0.0471. The molecule has 1 N–H and O–H groups in total. The van der Waals surface area contributed by atoms with E-state index in [2.05, 4.69) is 72.3 Å². The lowest BCUT2D eigenvalue weighted by molar-refractivity contribution is -0.193. The van der Waals surface area contributed by atoms with Gasteiger partial charge < -0.3 is 19.7 Å². The number of nitrogens with zero attached hydrogens (tertiary/aromatic N) is 2. The van der Waals surface area contributed by atoms with Crippen molar-refractivity contribution in [2.45, 2.75) is 71.4 Å². The molecule has 2 fully saturated rings. The van der Waals surface area contributed by atoms with Gasteiger partial charge in [0.25, 0.3) is 0 Å². The minimum atomic E-state index is -5.77. The van der Waals surface area contributed by atoms with Crippen LogP contribution in [0.15, 0.2) is 54.6 Å². The third-order valence-electron chi connectivity index (χ3n) is 8.71. The average molecular weight is 730 g/mol. The van der Waals surface area contributed by atoms with E-state index < -0.39 is 23.9 Å². The van der Waals surface area contributed by atoms with Gasteiger partial charge in [0, 0.05) is 32.1 Å². The lowest BCUT2D eigenvalue weighted by atomic mass is 9.82. The number of piperazine rings is 1. The molecular formula is C36H45F6N3O6. The van der Waals surface area contributed by atoms with E-state index in [4.69, 9.17) is 9.47 Å². The molecule has 1 unspecified atom stereocenters. The summed E-state index contributed by atoms with van der Waals surface area (Å²) in [5.74, 6) is -5.76.